The van der Waals surface area contributed by atoms with Crippen molar-refractivity contribution < 1.29 is 24.1 Å². The van der Waals surface area contributed by atoms with Gasteiger partial charge in [-0.2, -0.15) is 0 Å². The van der Waals surface area contributed by atoms with Crippen LogP contribution < -0.4 is 10.1 Å². The first kappa shape index (κ1) is 30.2. The summed E-state index contributed by atoms with van der Waals surface area (Å²) in [4.78, 5) is 0. The first-order chi connectivity index (χ1) is 20.8. The normalized spacial score (nSPS) is 18.7. The second kappa shape index (κ2) is 16.4. The largest absolute Gasteiger partial charge is 0.494 e. The Kier molecular flexibility index (Phi) is 11.8. The Labute approximate surface area is 249 Å². The molecule has 1 aliphatic heterocycles. The zero-order chi connectivity index (χ0) is 28.8. The minimum Gasteiger partial charge on any atom is -0.494 e. The molecule has 6 heteroatoms. The van der Waals surface area contributed by atoms with Crippen molar-refractivity contribution in [2.45, 2.75) is 50.6 Å². The molecule has 3 atom stereocenters. The van der Waals surface area contributed by atoms with E-state index >= 15 is 0 Å². The first-order valence-electron chi connectivity index (χ1n) is 15.2. The molecule has 0 unspecified atom stereocenters. The lowest BCUT2D eigenvalue weighted by Gasteiger charge is -2.39. The minimum absolute atomic E-state index is 0.0208. The van der Waals surface area contributed by atoms with Gasteiger partial charge in [0.25, 0.3) is 0 Å². The predicted octanol–water partition coefficient (Wildman–Crippen LogP) is 6.26. The second-order valence-corrected chi connectivity index (χ2v) is 10.9. The molecule has 2 N–H and O–H groups in total. The SMILES string of the molecule is OCCCCO[C@@H]1CNC[C@H](OCc2ccc3ccccc3c2)[C@H]1c1ccc(OCCCOCc2ccccc2)cc1. The third-order valence-corrected chi connectivity index (χ3v) is 7.73. The lowest BCUT2D eigenvalue weighted by atomic mass is 9.85. The van der Waals surface area contributed by atoms with Crippen LogP contribution in [0.15, 0.2) is 97.1 Å². The lowest BCUT2D eigenvalue weighted by Crippen LogP contribution is -2.50. The van der Waals surface area contributed by atoms with Crippen molar-refractivity contribution >= 4 is 10.8 Å². The fraction of sp³-hybridized carbons (Fsp3) is 0.389. The summed E-state index contributed by atoms with van der Waals surface area (Å²) in [6.45, 7) is 4.76. The van der Waals surface area contributed by atoms with Gasteiger partial charge in [-0.1, -0.05) is 78.9 Å². The van der Waals surface area contributed by atoms with Gasteiger partial charge < -0.3 is 29.4 Å². The third-order valence-electron chi connectivity index (χ3n) is 7.73. The highest BCUT2D eigenvalue weighted by Gasteiger charge is 2.36. The maximum absolute atomic E-state index is 9.19. The van der Waals surface area contributed by atoms with E-state index in [2.05, 4.69) is 72.0 Å². The van der Waals surface area contributed by atoms with Crippen LogP contribution in [0.25, 0.3) is 10.8 Å². The molecule has 0 radical (unpaired) electrons. The quantitative estimate of drug-likeness (QED) is 0.155. The van der Waals surface area contributed by atoms with E-state index < -0.39 is 0 Å². The molecule has 1 fully saturated rings. The summed E-state index contributed by atoms with van der Waals surface area (Å²) in [6, 6.07) is 33.5. The van der Waals surface area contributed by atoms with E-state index in [0.29, 0.717) is 33.0 Å². The molecule has 6 nitrogen and oxygen atoms in total. The number of aliphatic hydroxyl groups excluding tert-OH is 1. The highest BCUT2D eigenvalue weighted by molar-refractivity contribution is 5.82. The molecular formula is C36H43NO5. The van der Waals surface area contributed by atoms with Crippen LogP contribution in [0, 0.1) is 0 Å². The van der Waals surface area contributed by atoms with Gasteiger partial charge in [-0.15, -0.1) is 0 Å². The molecular weight excluding hydrogens is 526 g/mol. The number of benzene rings is 4. The van der Waals surface area contributed by atoms with Gasteiger partial charge in [0.05, 0.1) is 38.6 Å². The topological polar surface area (TPSA) is 69.2 Å². The van der Waals surface area contributed by atoms with E-state index in [1.807, 2.05) is 30.3 Å². The lowest BCUT2D eigenvalue weighted by molar-refractivity contribution is -0.0607. The Morgan fingerprint density at radius 3 is 2.21 bits per heavy atom. The number of aliphatic hydroxyl groups is 1. The van der Waals surface area contributed by atoms with Crippen molar-refractivity contribution in [2.75, 3.05) is 39.5 Å². The van der Waals surface area contributed by atoms with E-state index in [1.54, 1.807) is 0 Å². The summed E-state index contributed by atoms with van der Waals surface area (Å²) in [5, 5.41) is 15.2. The molecule has 1 heterocycles. The van der Waals surface area contributed by atoms with Crippen LogP contribution in [0.1, 0.15) is 41.9 Å². The summed E-state index contributed by atoms with van der Waals surface area (Å²) < 4.78 is 24.7. The van der Waals surface area contributed by atoms with E-state index in [4.69, 9.17) is 18.9 Å². The zero-order valence-electron chi connectivity index (χ0n) is 24.3. The van der Waals surface area contributed by atoms with Crippen LogP contribution in [0.5, 0.6) is 5.75 Å². The van der Waals surface area contributed by atoms with Crippen LogP contribution >= 0.6 is 0 Å². The standard InChI is InChI=1S/C36H43NO5/c38-19-6-7-21-41-34-24-37-25-35(42-27-29-13-14-30-11-4-5-12-32(30)23-29)36(34)31-15-17-33(18-16-31)40-22-8-20-39-26-28-9-2-1-3-10-28/h1-5,9-18,23,34-38H,6-8,19-22,24-27H2/t34-,35+,36+/m1/s1. The Hall–Kier alpha value is -3.26. The van der Waals surface area contributed by atoms with Crippen LogP contribution in [-0.2, 0) is 27.4 Å². The highest BCUT2D eigenvalue weighted by Crippen LogP contribution is 2.32. The number of ether oxygens (including phenoxy) is 4. The van der Waals surface area contributed by atoms with Gasteiger partial charge in [-0.3, -0.25) is 0 Å². The summed E-state index contributed by atoms with van der Waals surface area (Å²) in [7, 11) is 0. The van der Waals surface area contributed by atoms with E-state index in [-0.39, 0.29) is 24.7 Å². The molecule has 222 valence electrons. The average Bonchev–Trinajstić information content (AvgIpc) is 3.04. The number of nitrogens with one attached hydrogen (secondary N) is 1. The monoisotopic (exact) mass is 569 g/mol. The van der Waals surface area contributed by atoms with Gasteiger partial charge in [0.2, 0.25) is 0 Å². The first-order valence-corrected chi connectivity index (χ1v) is 15.2. The summed E-state index contributed by atoms with van der Waals surface area (Å²) in [5.74, 6) is 0.936. The molecule has 5 rings (SSSR count). The Morgan fingerprint density at radius 1 is 0.643 bits per heavy atom. The number of unbranched alkanes of at least 4 members (excludes halogenated alkanes) is 1. The van der Waals surface area contributed by atoms with E-state index in [1.165, 1.54) is 21.9 Å². The van der Waals surface area contributed by atoms with Crippen LogP contribution in [0.2, 0.25) is 0 Å². The molecule has 42 heavy (non-hydrogen) atoms. The summed E-state index contributed by atoms with van der Waals surface area (Å²) in [5.41, 5.74) is 3.53. The predicted molar refractivity (Wildman–Crippen MR) is 167 cm³/mol. The fourth-order valence-electron chi connectivity index (χ4n) is 5.50. The molecule has 0 aliphatic carbocycles. The van der Waals surface area contributed by atoms with Crippen molar-refractivity contribution in [3.63, 3.8) is 0 Å². The minimum atomic E-state index is -0.0402. The van der Waals surface area contributed by atoms with Crippen LogP contribution in [0.4, 0.5) is 0 Å². The Bertz CT molecular complexity index is 1330. The van der Waals surface area contributed by atoms with Crippen molar-refractivity contribution in [3.8, 4) is 5.75 Å². The average molecular weight is 570 g/mol. The van der Waals surface area contributed by atoms with E-state index in [9.17, 15) is 5.11 Å². The number of fused-ring (bicyclic) bond motifs is 1. The van der Waals surface area contributed by atoms with Crippen molar-refractivity contribution in [3.05, 3.63) is 114 Å². The maximum atomic E-state index is 9.19. The molecule has 0 bridgehead atoms. The molecule has 1 aliphatic rings. The van der Waals surface area contributed by atoms with Crippen LogP contribution in [0.3, 0.4) is 0 Å². The fourth-order valence-corrected chi connectivity index (χ4v) is 5.50. The number of hydrogen-bond acceptors (Lipinski definition) is 6. The number of rotatable bonds is 16. The Morgan fingerprint density at radius 2 is 1.40 bits per heavy atom. The van der Waals surface area contributed by atoms with Gasteiger partial charge in [0, 0.05) is 38.6 Å². The van der Waals surface area contributed by atoms with Gasteiger partial charge >= 0.3 is 0 Å². The summed E-state index contributed by atoms with van der Waals surface area (Å²) >= 11 is 0. The molecule has 0 spiro atoms. The maximum Gasteiger partial charge on any atom is 0.119 e. The molecule has 4 aromatic rings. The van der Waals surface area contributed by atoms with Crippen molar-refractivity contribution in [1.29, 1.82) is 0 Å². The number of hydrogen-bond donors (Lipinski definition) is 2. The molecule has 4 aromatic carbocycles. The second-order valence-electron chi connectivity index (χ2n) is 10.9. The Balaban J connectivity index is 1.18. The van der Waals surface area contributed by atoms with E-state index in [0.717, 1.165) is 43.7 Å². The van der Waals surface area contributed by atoms with Crippen LogP contribution in [-0.4, -0.2) is 56.8 Å². The zero-order valence-corrected chi connectivity index (χ0v) is 24.3. The molecule has 0 amide bonds. The highest BCUT2D eigenvalue weighted by atomic mass is 16.5. The van der Waals surface area contributed by atoms with Crippen molar-refractivity contribution in [2.24, 2.45) is 0 Å². The van der Waals surface area contributed by atoms with Gasteiger partial charge in [-0.25, -0.2) is 0 Å². The molecule has 0 aromatic heterocycles. The van der Waals surface area contributed by atoms with Crippen molar-refractivity contribution in [1.82, 2.24) is 5.32 Å². The molecule has 0 saturated carbocycles. The molecule has 1 saturated heterocycles. The third kappa shape index (κ3) is 8.87. The summed E-state index contributed by atoms with van der Waals surface area (Å²) in [6.07, 6.45) is 2.35. The van der Waals surface area contributed by atoms with Gasteiger partial charge in [0.1, 0.15) is 5.75 Å². The number of piperidine rings is 1. The van der Waals surface area contributed by atoms with Gasteiger partial charge in [0.15, 0.2) is 0 Å². The van der Waals surface area contributed by atoms with Gasteiger partial charge in [-0.05, 0) is 58.5 Å². The smallest absolute Gasteiger partial charge is 0.119 e.